The van der Waals surface area contributed by atoms with Gasteiger partial charge >= 0.3 is 13.2 Å². The lowest BCUT2D eigenvalue weighted by Gasteiger charge is -2.34. The third-order valence-corrected chi connectivity index (χ3v) is 7.23. The van der Waals surface area contributed by atoms with Crippen LogP contribution in [0.1, 0.15) is 88.0 Å². The number of nitrogens with one attached hydrogen (secondary N) is 3. The summed E-state index contributed by atoms with van der Waals surface area (Å²) >= 11 is 0. The van der Waals surface area contributed by atoms with E-state index in [0.717, 1.165) is 31.1 Å². The Morgan fingerprint density at radius 2 is 1.57 bits per heavy atom. The number of amides is 2. The van der Waals surface area contributed by atoms with Crippen molar-refractivity contribution in [3.05, 3.63) is 12.4 Å². The van der Waals surface area contributed by atoms with Gasteiger partial charge < -0.3 is 30.0 Å². The molecule has 37 heavy (non-hydrogen) atoms. The molecular formula is C26H44BN5O5. The van der Waals surface area contributed by atoms with E-state index in [1.54, 1.807) is 33.2 Å². The largest absolute Gasteiger partial charge is 0.498 e. The van der Waals surface area contributed by atoms with Crippen molar-refractivity contribution in [2.24, 2.45) is 5.92 Å². The fourth-order valence-electron chi connectivity index (χ4n) is 4.40. The highest BCUT2D eigenvalue weighted by atomic mass is 16.7. The van der Waals surface area contributed by atoms with Crippen LogP contribution in [-0.2, 0) is 18.8 Å². The third-order valence-electron chi connectivity index (χ3n) is 7.23. The summed E-state index contributed by atoms with van der Waals surface area (Å²) in [5.41, 5.74) is -0.758. The fourth-order valence-corrected chi connectivity index (χ4v) is 4.40. The molecule has 2 amide bonds. The summed E-state index contributed by atoms with van der Waals surface area (Å²) in [7, 11) is -0.522. The Bertz CT molecular complexity index is 932. The van der Waals surface area contributed by atoms with Gasteiger partial charge in [0.2, 0.25) is 11.9 Å². The minimum atomic E-state index is -0.701. The van der Waals surface area contributed by atoms with E-state index in [1.165, 1.54) is 0 Å². The molecular weight excluding hydrogens is 473 g/mol. The zero-order valence-electron chi connectivity index (χ0n) is 23.8. The molecule has 1 aliphatic carbocycles. The van der Waals surface area contributed by atoms with Crippen LogP contribution in [0.2, 0.25) is 0 Å². The molecule has 3 atom stereocenters. The van der Waals surface area contributed by atoms with E-state index in [-0.39, 0.29) is 23.9 Å². The average molecular weight is 517 g/mol. The van der Waals surface area contributed by atoms with Gasteiger partial charge in [0.15, 0.2) is 0 Å². The van der Waals surface area contributed by atoms with Crippen molar-refractivity contribution >= 4 is 30.5 Å². The summed E-state index contributed by atoms with van der Waals surface area (Å²) in [5, 5.41) is 9.27. The monoisotopic (exact) mass is 517 g/mol. The first kappa shape index (κ1) is 29.2. The standard InChI is InChI=1S/C26H44BN5O5/c1-16(2)20(32-23(34)35-24(3,4)5)21(33)30-18-12-10-11-13-19(18)31-22-28-14-17(15-29-22)27-36-25(6,7)26(8,9)37-27/h14-16,18-20H,10-13H2,1-9H3,(H,30,33)(H,32,34)(H,28,29,31)/t18-,19+,20+/m1/s1. The lowest BCUT2D eigenvalue weighted by molar-refractivity contribution is -0.125. The van der Waals surface area contributed by atoms with E-state index < -0.39 is 36.1 Å². The summed E-state index contributed by atoms with van der Waals surface area (Å²) in [6, 6.07) is -0.850. The van der Waals surface area contributed by atoms with Gasteiger partial charge in [-0.3, -0.25) is 4.79 Å². The van der Waals surface area contributed by atoms with Crippen LogP contribution in [0.3, 0.4) is 0 Å². The Kier molecular flexibility index (Phi) is 8.79. The highest BCUT2D eigenvalue weighted by Gasteiger charge is 2.52. The maximum atomic E-state index is 13.2. The summed E-state index contributed by atoms with van der Waals surface area (Å²) < 4.78 is 17.5. The lowest BCUT2D eigenvalue weighted by atomic mass is 9.81. The van der Waals surface area contributed by atoms with Crippen molar-refractivity contribution in [3.8, 4) is 0 Å². The molecule has 10 nitrogen and oxygen atoms in total. The van der Waals surface area contributed by atoms with E-state index in [9.17, 15) is 9.59 Å². The van der Waals surface area contributed by atoms with Gasteiger partial charge in [-0.25, -0.2) is 14.8 Å². The van der Waals surface area contributed by atoms with Crippen LogP contribution in [0.25, 0.3) is 0 Å². The van der Waals surface area contributed by atoms with Crippen molar-refractivity contribution < 1.29 is 23.6 Å². The van der Waals surface area contributed by atoms with Crippen molar-refractivity contribution in [1.29, 1.82) is 0 Å². The minimum Gasteiger partial charge on any atom is -0.444 e. The van der Waals surface area contributed by atoms with E-state index in [0.29, 0.717) is 5.95 Å². The summed E-state index contributed by atoms with van der Waals surface area (Å²) in [6.45, 7) is 17.2. The van der Waals surface area contributed by atoms with Crippen LogP contribution in [-0.4, -0.2) is 64.0 Å². The fraction of sp³-hybridized carbons (Fsp3) is 0.769. The second kappa shape index (κ2) is 11.1. The SMILES string of the molecule is CC(C)[C@H](NC(=O)OC(C)(C)C)C(=O)N[C@@H]1CCCC[C@@H]1Nc1ncc(B2OC(C)(C)C(C)(C)O2)cn1. The molecule has 0 radical (unpaired) electrons. The Morgan fingerprint density at radius 1 is 1.03 bits per heavy atom. The van der Waals surface area contributed by atoms with E-state index in [2.05, 4.69) is 25.9 Å². The number of hydrogen-bond donors (Lipinski definition) is 3. The number of rotatable bonds is 7. The van der Waals surface area contributed by atoms with Gasteiger partial charge in [0.25, 0.3) is 0 Å². The maximum absolute atomic E-state index is 13.2. The first-order chi connectivity index (χ1) is 17.1. The molecule has 1 saturated carbocycles. The highest BCUT2D eigenvalue weighted by molar-refractivity contribution is 6.61. The molecule has 11 heteroatoms. The third kappa shape index (κ3) is 7.57. The molecule has 0 unspecified atom stereocenters. The second-order valence-corrected chi connectivity index (χ2v) is 12.4. The molecule has 0 aromatic carbocycles. The molecule has 1 aromatic heterocycles. The van der Waals surface area contributed by atoms with Crippen LogP contribution >= 0.6 is 0 Å². The zero-order valence-corrected chi connectivity index (χ0v) is 23.8. The minimum absolute atomic E-state index is 0.0327. The van der Waals surface area contributed by atoms with Crippen molar-refractivity contribution in [2.75, 3.05) is 5.32 Å². The molecule has 1 aliphatic heterocycles. The van der Waals surface area contributed by atoms with Crippen molar-refractivity contribution in [2.45, 2.75) is 123 Å². The van der Waals surface area contributed by atoms with Gasteiger partial charge in [0, 0.05) is 29.9 Å². The number of alkyl carbamates (subject to hydrolysis) is 1. The molecule has 0 bridgehead atoms. The van der Waals surface area contributed by atoms with E-state index >= 15 is 0 Å². The normalized spacial score (nSPS) is 23.9. The van der Waals surface area contributed by atoms with Gasteiger partial charge in [0.05, 0.1) is 11.2 Å². The number of aromatic nitrogens is 2. The molecule has 2 heterocycles. The number of nitrogens with zero attached hydrogens (tertiary/aromatic N) is 2. The molecule has 2 aliphatic rings. The quantitative estimate of drug-likeness (QED) is 0.472. The Morgan fingerprint density at radius 3 is 2.08 bits per heavy atom. The Hall–Kier alpha value is -2.40. The van der Waals surface area contributed by atoms with Gasteiger partial charge in [-0.1, -0.05) is 26.7 Å². The van der Waals surface area contributed by atoms with Crippen LogP contribution in [0.4, 0.5) is 10.7 Å². The van der Waals surface area contributed by atoms with Crippen molar-refractivity contribution in [3.63, 3.8) is 0 Å². The number of anilines is 1. The molecule has 3 rings (SSSR count). The number of ether oxygens (including phenoxy) is 1. The van der Waals surface area contributed by atoms with Crippen LogP contribution in [0, 0.1) is 5.92 Å². The van der Waals surface area contributed by atoms with Crippen LogP contribution in [0.15, 0.2) is 12.4 Å². The molecule has 1 saturated heterocycles. The maximum Gasteiger partial charge on any atom is 0.498 e. The van der Waals surface area contributed by atoms with Gasteiger partial charge in [-0.15, -0.1) is 0 Å². The van der Waals surface area contributed by atoms with Crippen LogP contribution < -0.4 is 21.4 Å². The van der Waals surface area contributed by atoms with Gasteiger partial charge in [-0.05, 0) is 67.2 Å². The number of hydrogen-bond acceptors (Lipinski definition) is 8. The molecule has 1 aromatic rings. The number of carbonyl (C=O) groups is 2. The topological polar surface area (TPSA) is 124 Å². The summed E-state index contributed by atoms with van der Waals surface area (Å²) in [4.78, 5) is 34.5. The summed E-state index contributed by atoms with van der Waals surface area (Å²) in [5.74, 6) is 0.156. The number of carbonyl (C=O) groups excluding carboxylic acids is 2. The Balaban J connectivity index is 1.62. The smallest absolute Gasteiger partial charge is 0.444 e. The second-order valence-electron chi connectivity index (χ2n) is 12.4. The first-order valence-corrected chi connectivity index (χ1v) is 13.3. The zero-order chi connectivity index (χ0) is 27.6. The van der Waals surface area contributed by atoms with Crippen LogP contribution in [0.5, 0.6) is 0 Å². The van der Waals surface area contributed by atoms with E-state index in [1.807, 2.05) is 41.5 Å². The lowest BCUT2D eigenvalue weighted by Crippen LogP contribution is -2.56. The molecule has 206 valence electrons. The molecule has 3 N–H and O–H groups in total. The average Bonchev–Trinajstić information content (AvgIpc) is 2.99. The molecule has 2 fully saturated rings. The predicted octanol–water partition coefficient (Wildman–Crippen LogP) is 3.16. The predicted molar refractivity (Wildman–Crippen MR) is 144 cm³/mol. The summed E-state index contributed by atoms with van der Waals surface area (Å²) in [6.07, 6.45) is 6.58. The van der Waals surface area contributed by atoms with Crippen molar-refractivity contribution in [1.82, 2.24) is 20.6 Å². The van der Waals surface area contributed by atoms with Gasteiger partial charge in [-0.2, -0.15) is 0 Å². The van der Waals surface area contributed by atoms with Gasteiger partial charge in [0.1, 0.15) is 11.6 Å². The highest BCUT2D eigenvalue weighted by Crippen LogP contribution is 2.36. The van der Waals surface area contributed by atoms with E-state index in [4.69, 9.17) is 14.0 Å². The first-order valence-electron chi connectivity index (χ1n) is 13.3. The Labute approximate surface area is 221 Å². The molecule has 0 spiro atoms.